The van der Waals surface area contributed by atoms with Crippen molar-refractivity contribution in [2.24, 2.45) is 7.05 Å². The standard InChI is InChI=1S/C9H10NTe.ClH/c1-7-3-4-9-8(5-7)6-10(2)11-9;/h3-6H,1-2H3;1H/q+1;/p-1. The molecular formula is C9H10ClNTe. The van der Waals surface area contributed by atoms with Crippen LogP contribution in [-0.4, -0.2) is 20.7 Å². The molecule has 0 atom stereocenters. The second-order valence-corrected chi connectivity index (χ2v) is 6.23. The van der Waals surface area contributed by atoms with Gasteiger partial charge in [-0.15, -0.1) is 0 Å². The van der Waals surface area contributed by atoms with Crippen molar-refractivity contribution in [2.75, 3.05) is 0 Å². The Kier molecular flexibility index (Phi) is 3.17. The molecule has 64 valence electrons. The Bertz CT molecular complexity index is 394. The summed E-state index contributed by atoms with van der Waals surface area (Å²) in [5, 5.41) is 1.44. The molecule has 0 aliphatic carbocycles. The van der Waals surface area contributed by atoms with Gasteiger partial charge < -0.3 is 12.4 Å². The van der Waals surface area contributed by atoms with Gasteiger partial charge in [-0.2, -0.15) is 0 Å². The van der Waals surface area contributed by atoms with Crippen LogP contribution in [0.3, 0.4) is 0 Å². The van der Waals surface area contributed by atoms with Crippen molar-refractivity contribution in [1.82, 2.24) is 0 Å². The van der Waals surface area contributed by atoms with Gasteiger partial charge in [0.15, 0.2) is 0 Å². The fraction of sp³-hybridized carbons (Fsp3) is 0.222. The fourth-order valence-corrected chi connectivity index (χ4v) is 3.58. The quantitative estimate of drug-likeness (QED) is 0.497. The average molecular weight is 295 g/mol. The summed E-state index contributed by atoms with van der Waals surface area (Å²) in [7, 11) is 2.16. The molecular weight excluding hydrogens is 285 g/mol. The normalized spacial score (nSPS) is 9.83. The van der Waals surface area contributed by atoms with Gasteiger partial charge in [-0.05, 0) is 0 Å². The van der Waals surface area contributed by atoms with E-state index < -0.39 is 0 Å². The van der Waals surface area contributed by atoms with Crippen LogP contribution < -0.4 is 15.2 Å². The summed E-state index contributed by atoms with van der Waals surface area (Å²) >= 11 is -0.0463. The molecule has 3 heteroatoms. The first-order valence-electron chi connectivity index (χ1n) is 3.62. The van der Waals surface area contributed by atoms with Gasteiger partial charge in [0.05, 0.1) is 0 Å². The van der Waals surface area contributed by atoms with Gasteiger partial charge in [0.2, 0.25) is 0 Å². The summed E-state index contributed by atoms with van der Waals surface area (Å²) in [5.74, 6) is 0. The molecule has 0 amide bonds. The maximum absolute atomic E-state index is 2.34. The maximum Gasteiger partial charge on any atom is -1.00 e. The third kappa shape index (κ3) is 1.82. The monoisotopic (exact) mass is 297 g/mol. The van der Waals surface area contributed by atoms with E-state index in [1.165, 1.54) is 10.9 Å². The van der Waals surface area contributed by atoms with E-state index in [0.717, 1.165) is 0 Å². The van der Waals surface area contributed by atoms with Gasteiger partial charge in [0.1, 0.15) is 0 Å². The molecule has 0 unspecified atom stereocenters. The van der Waals surface area contributed by atoms with E-state index in [2.05, 4.69) is 41.2 Å². The van der Waals surface area contributed by atoms with Gasteiger partial charge in [-0.25, -0.2) is 0 Å². The minimum absolute atomic E-state index is 0. The predicted octanol–water partition coefficient (Wildman–Crippen LogP) is -1.97. The molecule has 0 bridgehead atoms. The van der Waals surface area contributed by atoms with Gasteiger partial charge in [-0.3, -0.25) is 0 Å². The number of nitrogens with zero attached hydrogens (tertiary/aromatic N) is 1. The van der Waals surface area contributed by atoms with Gasteiger partial charge >= 0.3 is 76.2 Å². The fourth-order valence-electron chi connectivity index (χ4n) is 1.23. The number of benzene rings is 1. The van der Waals surface area contributed by atoms with Gasteiger partial charge in [-0.1, -0.05) is 0 Å². The summed E-state index contributed by atoms with van der Waals surface area (Å²) in [4.78, 5) is 0. The van der Waals surface area contributed by atoms with Crippen LogP contribution in [-0.2, 0) is 7.05 Å². The van der Waals surface area contributed by atoms with E-state index in [-0.39, 0.29) is 33.1 Å². The summed E-state index contributed by atoms with van der Waals surface area (Å²) in [6, 6.07) is 6.74. The number of fused-ring (bicyclic) bond motifs is 1. The smallest absolute Gasteiger partial charge is 1.00 e. The molecule has 0 saturated heterocycles. The molecule has 12 heavy (non-hydrogen) atoms. The first-order chi connectivity index (χ1) is 5.25. The number of hydrogen-bond donors (Lipinski definition) is 0. The van der Waals surface area contributed by atoms with Crippen molar-refractivity contribution in [1.29, 1.82) is 0 Å². The number of rotatable bonds is 0. The van der Waals surface area contributed by atoms with Crippen molar-refractivity contribution in [3.8, 4) is 0 Å². The minimum atomic E-state index is -0.0463. The number of aryl methyl sites for hydroxylation is 2. The average Bonchev–Trinajstić information content (AvgIpc) is 2.27. The van der Waals surface area contributed by atoms with E-state index in [0.29, 0.717) is 0 Å². The third-order valence-electron chi connectivity index (χ3n) is 1.73. The Hall–Kier alpha value is -0.0304. The molecule has 0 aliphatic rings. The van der Waals surface area contributed by atoms with E-state index >= 15 is 0 Å². The van der Waals surface area contributed by atoms with E-state index in [1.54, 1.807) is 3.40 Å². The molecule has 0 radical (unpaired) electrons. The van der Waals surface area contributed by atoms with Gasteiger partial charge in [0, 0.05) is 0 Å². The minimum Gasteiger partial charge on any atom is -1.00 e. The molecule has 0 saturated carbocycles. The predicted molar refractivity (Wildman–Crippen MR) is 46.8 cm³/mol. The molecule has 2 rings (SSSR count). The largest absolute Gasteiger partial charge is 1.00 e. The number of hydrogen-bond acceptors (Lipinski definition) is 0. The van der Waals surface area contributed by atoms with Gasteiger partial charge in [0.25, 0.3) is 0 Å². The Morgan fingerprint density at radius 2 is 2.08 bits per heavy atom. The Balaban J connectivity index is 0.000000720. The van der Waals surface area contributed by atoms with Crippen LogP contribution in [0.4, 0.5) is 0 Å². The molecule has 1 nitrogen and oxygen atoms in total. The van der Waals surface area contributed by atoms with Crippen LogP contribution in [0.5, 0.6) is 0 Å². The van der Waals surface area contributed by atoms with E-state index in [9.17, 15) is 0 Å². The summed E-state index contributed by atoms with van der Waals surface area (Å²) in [5.41, 5.74) is 1.36. The zero-order valence-electron chi connectivity index (χ0n) is 7.04. The summed E-state index contributed by atoms with van der Waals surface area (Å²) in [6.45, 7) is 2.15. The third-order valence-corrected chi connectivity index (χ3v) is 4.47. The second kappa shape index (κ2) is 3.79. The zero-order chi connectivity index (χ0) is 7.84. The van der Waals surface area contributed by atoms with Crippen molar-refractivity contribution >= 4 is 29.5 Å². The first kappa shape index (κ1) is 10.1. The molecule has 0 aliphatic heterocycles. The number of halogens is 1. The first-order valence-corrected chi connectivity index (χ1v) is 5.83. The van der Waals surface area contributed by atoms with E-state index in [4.69, 9.17) is 0 Å². The Morgan fingerprint density at radius 3 is 2.83 bits per heavy atom. The van der Waals surface area contributed by atoms with E-state index in [1.807, 2.05) is 0 Å². The summed E-state index contributed by atoms with van der Waals surface area (Å²) in [6.07, 6.45) is 2.25. The molecule has 1 aromatic heterocycles. The van der Waals surface area contributed by atoms with Crippen LogP contribution in [0.1, 0.15) is 5.56 Å². The van der Waals surface area contributed by atoms with Crippen LogP contribution >= 0.6 is 0 Å². The number of aromatic nitrogens is 1. The van der Waals surface area contributed by atoms with Crippen molar-refractivity contribution in [3.05, 3.63) is 30.0 Å². The molecule has 1 aromatic carbocycles. The zero-order valence-corrected chi connectivity index (χ0v) is 10.1. The SMILES string of the molecule is Cc1ccc2[te][n+](C)cc2c1.[Cl-]. The van der Waals surface area contributed by atoms with Crippen molar-refractivity contribution in [2.45, 2.75) is 6.92 Å². The molecule has 0 N–H and O–H groups in total. The molecule has 1 heterocycles. The molecule has 2 aromatic rings. The topological polar surface area (TPSA) is 3.88 Å². The second-order valence-electron chi connectivity index (χ2n) is 2.81. The van der Waals surface area contributed by atoms with Crippen LogP contribution in [0, 0.1) is 6.92 Å². The van der Waals surface area contributed by atoms with Crippen LogP contribution in [0.2, 0.25) is 0 Å². The van der Waals surface area contributed by atoms with Crippen LogP contribution in [0.25, 0.3) is 8.79 Å². The molecule has 0 fully saturated rings. The maximum atomic E-state index is 2.34. The van der Waals surface area contributed by atoms with Crippen LogP contribution in [0.15, 0.2) is 24.4 Å². The summed E-state index contributed by atoms with van der Waals surface area (Å²) < 4.78 is 3.92. The van der Waals surface area contributed by atoms with Crippen molar-refractivity contribution < 1.29 is 15.2 Å². The Labute approximate surface area is 88.4 Å². The molecule has 0 spiro atoms. The Morgan fingerprint density at radius 1 is 1.33 bits per heavy atom. The van der Waals surface area contributed by atoms with Crippen molar-refractivity contribution in [3.63, 3.8) is 0 Å².